The maximum Gasteiger partial charge on any atom is 0.109 e. The van der Waals surface area contributed by atoms with Crippen LogP contribution in [0.25, 0.3) is 5.69 Å². The molecule has 0 saturated carbocycles. The molecule has 0 spiro atoms. The summed E-state index contributed by atoms with van der Waals surface area (Å²) in [6.45, 7) is -0.0970. The first-order valence-electron chi connectivity index (χ1n) is 3.80. The molecular formula is C7H9N5O. The zero-order valence-corrected chi connectivity index (χ0v) is 7.12. The molecule has 0 radical (unpaired) electrons. The molecule has 2 heterocycles. The molecule has 0 unspecified atom stereocenters. The molecule has 6 nitrogen and oxygen atoms in total. The molecule has 2 aromatic heterocycles. The second-order valence-corrected chi connectivity index (χ2v) is 2.68. The molecule has 0 amide bonds. The first-order chi connectivity index (χ1) is 6.29. The highest BCUT2D eigenvalue weighted by Crippen LogP contribution is 2.03. The van der Waals surface area contributed by atoms with Crippen LogP contribution in [0.3, 0.4) is 0 Å². The molecule has 6 heteroatoms. The minimum absolute atomic E-state index is 0.0970. The van der Waals surface area contributed by atoms with Crippen LogP contribution in [-0.2, 0) is 13.7 Å². The summed E-state index contributed by atoms with van der Waals surface area (Å²) in [5.41, 5.74) is 1.37. The number of rotatable bonds is 2. The fourth-order valence-electron chi connectivity index (χ4n) is 1.02. The van der Waals surface area contributed by atoms with Gasteiger partial charge in [-0.05, 0) is 0 Å². The number of hydrogen-bond acceptors (Lipinski definition) is 4. The minimum Gasteiger partial charge on any atom is -0.390 e. The number of hydrogen-bond donors (Lipinski definition) is 1. The molecule has 0 aromatic carbocycles. The van der Waals surface area contributed by atoms with E-state index in [4.69, 9.17) is 5.11 Å². The maximum absolute atomic E-state index is 8.77. The zero-order chi connectivity index (χ0) is 9.26. The van der Waals surface area contributed by atoms with E-state index >= 15 is 0 Å². The fraction of sp³-hybridized carbons (Fsp3) is 0.286. The summed E-state index contributed by atoms with van der Waals surface area (Å²) in [4.78, 5) is 0. The molecule has 0 fully saturated rings. The highest BCUT2D eigenvalue weighted by molar-refractivity contribution is 5.23. The van der Waals surface area contributed by atoms with Crippen LogP contribution in [0.1, 0.15) is 5.69 Å². The predicted molar refractivity (Wildman–Crippen MR) is 44.0 cm³/mol. The van der Waals surface area contributed by atoms with Crippen LogP contribution < -0.4 is 0 Å². The summed E-state index contributed by atoms with van der Waals surface area (Å²) >= 11 is 0. The van der Waals surface area contributed by atoms with Crippen molar-refractivity contribution in [3.8, 4) is 5.69 Å². The van der Waals surface area contributed by atoms with E-state index in [0.717, 1.165) is 5.69 Å². The van der Waals surface area contributed by atoms with Crippen LogP contribution in [-0.4, -0.2) is 29.9 Å². The number of aliphatic hydroxyl groups excluding tert-OH is 1. The Bertz CT molecular complexity index is 404. The average Bonchev–Trinajstić information content (AvgIpc) is 2.71. The largest absolute Gasteiger partial charge is 0.390 e. The Morgan fingerprint density at radius 3 is 2.85 bits per heavy atom. The van der Waals surface area contributed by atoms with Crippen molar-refractivity contribution in [3.63, 3.8) is 0 Å². The Morgan fingerprint density at radius 2 is 2.31 bits per heavy atom. The normalized spacial score (nSPS) is 10.6. The van der Waals surface area contributed by atoms with E-state index in [9.17, 15) is 0 Å². The average molecular weight is 179 g/mol. The SMILES string of the molecule is Cn1cc(-n2cc(CO)nn2)cn1. The summed E-state index contributed by atoms with van der Waals surface area (Å²) in [5.74, 6) is 0. The van der Waals surface area contributed by atoms with Gasteiger partial charge in [0.05, 0.1) is 25.2 Å². The second kappa shape index (κ2) is 2.98. The van der Waals surface area contributed by atoms with Crippen molar-refractivity contribution >= 4 is 0 Å². The maximum atomic E-state index is 8.77. The fourth-order valence-corrected chi connectivity index (χ4v) is 1.02. The van der Waals surface area contributed by atoms with Gasteiger partial charge in [0.15, 0.2) is 0 Å². The summed E-state index contributed by atoms with van der Waals surface area (Å²) in [6, 6.07) is 0. The molecule has 13 heavy (non-hydrogen) atoms. The summed E-state index contributed by atoms with van der Waals surface area (Å²) < 4.78 is 3.24. The first-order valence-corrected chi connectivity index (χ1v) is 3.80. The van der Waals surface area contributed by atoms with Gasteiger partial charge in [-0.15, -0.1) is 5.10 Å². The van der Waals surface area contributed by atoms with Gasteiger partial charge in [-0.1, -0.05) is 5.21 Å². The monoisotopic (exact) mass is 179 g/mol. The molecule has 0 atom stereocenters. The van der Waals surface area contributed by atoms with Gasteiger partial charge >= 0.3 is 0 Å². The van der Waals surface area contributed by atoms with Crippen molar-refractivity contribution < 1.29 is 5.11 Å². The van der Waals surface area contributed by atoms with Gasteiger partial charge < -0.3 is 5.11 Å². The summed E-state index contributed by atoms with van der Waals surface area (Å²) in [5, 5.41) is 20.3. The van der Waals surface area contributed by atoms with E-state index in [0.29, 0.717) is 5.69 Å². The molecule has 2 rings (SSSR count). The molecule has 68 valence electrons. The number of aryl methyl sites for hydroxylation is 1. The third-order valence-corrected chi connectivity index (χ3v) is 1.66. The van der Waals surface area contributed by atoms with Gasteiger partial charge in [0.25, 0.3) is 0 Å². The van der Waals surface area contributed by atoms with Crippen LogP contribution >= 0.6 is 0 Å². The molecule has 1 N–H and O–H groups in total. The van der Waals surface area contributed by atoms with Gasteiger partial charge in [-0.25, -0.2) is 4.68 Å². The van der Waals surface area contributed by atoms with Crippen LogP contribution in [0.15, 0.2) is 18.6 Å². The standard InChI is InChI=1S/C7H9N5O/c1-11-4-7(2-8-11)12-3-6(5-13)9-10-12/h2-4,13H,5H2,1H3. The van der Waals surface area contributed by atoms with Gasteiger partial charge in [0.1, 0.15) is 11.4 Å². The Morgan fingerprint density at radius 1 is 1.46 bits per heavy atom. The smallest absolute Gasteiger partial charge is 0.109 e. The lowest BCUT2D eigenvalue weighted by molar-refractivity contribution is 0.276. The quantitative estimate of drug-likeness (QED) is 0.674. The van der Waals surface area contributed by atoms with Crippen molar-refractivity contribution in [1.29, 1.82) is 0 Å². The lowest BCUT2D eigenvalue weighted by Gasteiger charge is -1.90. The Kier molecular flexibility index (Phi) is 1.82. The van der Waals surface area contributed by atoms with Crippen LogP contribution in [0.2, 0.25) is 0 Å². The van der Waals surface area contributed by atoms with Gasteiger partial charge in [-0.2, -0.15) is 5.10 Å². The van der Waals surface area contributed by atoms with Gasteiger partial charge in [-0.3, -0.25) is 4.68 Å². The number of aliphatic hydroxyl groups is 1. The van der Waals surface area contributed by atoms with Crippen molar-refractivity contribution in [3.05, 3.63) is 24.3 Å². The molecule has 0 aliphatic carbocycles. The van der Waals surface area contributed by atoms with Gasteiger partial charge in [0, 0.05) is 7.05 Å². The van der Waals surface area contributed by atoms with Crippen LogP contribution in [0.5, 0.6) is 0 Å². The third kappa shape index (κ3) is 1.43. The molecule has 0 aliphatic rings. The lowest BCUT2D eigenvalue weighted by Crippen LogP contribution is -1.92. The van der Waals surface area contributed by atoms with Crippen LogP contribution in [0, 0.1) is 0 Å². The van der Waals surface area contributed by atoms with E-state index in [1.54, 1.807) is 21.8 Å². The molecule has 0 aliphatic heterocycles. The molecule has 0 bridgehead atoms. The van der Waals surface area contributed by atoms with E-state index in [1.807, 2.05) is 13.2 Å². The molecule has 2 aromatic rings. The van der Waals surface area contributed by atoms with Crippen molar-refractivity contribution in [2.24, 2.45) is 7.05 Å². The lowest BCUT2D eigenvalue weighted by atomic mass is 10.5. The van der Waals surface area contributed by atoms with E-state index in [-0.39, 0.29) is 6.61 Å². The van der Waals surface area contributed by atoms with E-state index < -0.39 is 0 Å². The van der Waals surface area contributed by atoms with E-state index in [1.165, 1.54) is 0 Å². The third-order valence-electron chi connectivity index (χ3n) is 1.66. The summed E-state index contributed by atoms with van der Waals surface area (Å²) in [6.07, 6.45) is 5.16. The molecular weight excluding hydrogens is 170 g/mol. The van der Waals surface area contributed by atoms with Crippen molar-refractivity contribution in [2.75, 3.05) is 0 Å². The van der Waals surface area contributed by atoms with Gasteiger partial charge in [0.2, 0.25) is 0 Å². The second-order valence-electron chi connectivity index (χ2n) is 2.68. The highest BCUT2D eigenvalue weighted by Gasteiger charge is 2.02. The van der Waals surface area contributed by atoms with E-state index in [2.05, 4.69) is 15.4 Å². The molecule has 0 saturated heterocycles. The minimum atomic E-state index is -0.0970. The van der Waals surface area contributed by atoms with Crippen LogP contribution in [0.4, 0.5) is 0 Å². The number of nitrogens with zero attached hydrogens (tertiary/aromatic N) is 5. The zero-order valence-electron chi connectivity index (χ0n) is 7.12. The Balaban J connectivity index is 2.35. The van der Waals surface area contributed by atoms with Crippen molar-refractivity contribution in [2.45, 2.75) is 6.61 Å². The highest BCUT2D eigenvalue weighted by atomic mass is 16.3. The first kappa shape index (κ1) is 7.93. The summed E-state index contributed by atoms with van der Waals surface area (Å²) in [7, 11) is 1.83. The topological polar surface area (TPSA) is 68.8 Å². The number of aromatic nitrogens is 5. The Labute approximate surface area is 74.4 Å². The predicted octanol–water partition coefficient (Wildman–Crippen LogP) is -0.507. The Hall–Kier alpha value is -1.69. The van der Waals surface area contributed by atoms with Crippen molar-refractivity contribution in [1.82, 2.24) is 24.8 Å².